The van der Waals surface area contributed by atoms with Crippen LogP contribution in [0.2, 0.25) is 0 Å². The SMILES string of the molecule is C=CCCCCCN(C)C(=NC)NCc1cccc(NC(=O)C2CCCO2)c1.I. The highest BCUT2D eigenvalue weighted by molar-refractivity contribution is 14.0. The second-order valence-electron chi connectivity index (χ2n) is 7.15. The molecule has 1 atom stereocenters. The third-order valence-corrected chi connectivity index (χ3v) is 4.84. The largest absolute Gasteiger partial charge is 0.368 e. The monoisotopic (exact) mass is 514 g/mol. The van der Waals surface area contributed by atoms with E-state index in [-0.39, 0.29) is 36.0 Å². The van der Waals surface area contributed by atoms with Crippen LogP contribution < -0.4 is 10.6 Å². The summed E-state index contributed by atoms with van der Waals surface area (Å²) in [5.74, 6) is 0.812. The molecule has 1 saturated heterocycles. The Hall–Kier alpha value is -1.61. The number of ether oxygens (including phenoxy) is 1. The number of nitrogens with one attached hydrogen (secondary N) is 2. The zero-order valence-electron chi connectivity index (χ0n) is 17.7. The second-order valence-corrected chi connectivity index (χ2v) is 7.15. The highest BCUT2D eigenvalue weighted by Crippen LogP contribution is 2.16. The Morgan fingerprint density at radius 1 is 1.38 bits per heavy atom. The topological polar surface area (TPSA) is 66.0 Å². The maximum absolute atomic E-state index is 12.2. The Kier molecular flexibility index (Phi) is 12.6. The predicted molar refractivity (Wildman–Crippen MR) is 131 cm³/mol. The van der Waals surface area contributed by atoms with Crippen LogP contribution in [0.3, 0.4) is 0 Å². The minimum Gasteiger partial charge on any atom is -0.368 e. The van der Waals surface area contributed by atoms with Crippen LogP contribution in [0.5, 0.6) is 0 Å². The molecule has 1 aromatic rings. The lowest BCUT2D eigenvalue weighted by atomic mass is 10.2. The van der Waals surface area contributed by atoms with Gasteiger partial charge in [-0.3, -0.25) is 9.79 Å². The third kappa shape index (κ3) is 9.16. The van der Waals surface area contributed by atoms with E-state index in [4.69, 9.17) is 4.74 Å². The van der Waals surface area contributed by atoms with E-state index < -0.39 is 0 Å². The minimum absolute atomic E-state index is 0. The van der Waals surface area contributed by atoms with Crippen molar-refractivity contribution in [3.05, 3.63) is 42.5 Å². The number of guanidine groups is 1. The summed E-state index contributed by atoms with van der Waals surface area (Å²) in [6.07, 6.45) is 7.99. The average Bonchev–Trinajstić information content (AvgIpc) is 3.23. The number of hydrogen-bond acceptors (Lipinski definition) is 3. The second kappa shape index (κ2) is 14.4. The maximum Gasteiger partial charge on any atom is 0.253 e. The summed E-state index contributed by atoms with van der Waals surface area (Å²) in [6.45, 7) is 6.05. The molecule has 2 N–H and O–H groups in total. The van der Waals surface area contributed by atoms with Crippen molar-refractivity contribution in [2.24, 2.45) is 4.99 Å². The summed E-state index contributed by atoms with van der Waals surface area (Å²) in [6, 6.07) is 7.88. The fourth-order valence-electron chi connectivity index (χ4n) is 3.25. The molecule has 29 heavy (non-hydrogen) atoms. The summed E-state index contributed by atoms with van der Waals surface area (Å²) in [4.78, 5) is 18.7. The molecule has 7 heteroatoms. The number of aliphatic imine (C=N–C) groups is 1. The number of rotatable bonds is 10. The lowest BCUT2D eigenvalue weighted by Gasteiger charge is -2.22. The van der Waals surface area contributed by atoms with Crippen molar-refractivity contribution >= 4 is 41.5 Å². The molecule has 1 unspecified atom stereocenters. The van der Waals surface area contributed by atoms with E-state index in [1.54, 1.807) is 7.05 Å². The number of halogens is 1. The quantitative estimate of drug-likeness (QED) is 0.162. The van der Waals surface area contributed by atoms with Crippen molar-refractivity contribution in [3.8, 4) is 0 Å². The third-order valence-electron chi connectivity index (χ3n) is 4.84. The molecule has 0 saturated carbocycles. The van der Waals surface area contributed by atoms with Gasteiger partial charge in [-0.15, -0.1) is 30.6 Å². The zero-order chi connectivity index (χ0) is 20.2. The van der Waals surface area contributed by atoms with Crippen LogP contribution in [0.25, 0.3) is 0 Å². The number of carbonyl (C=O) groups excluding carboxylic acids is 1. The van der Waals surface area contributed by atoms with E-state index in [1.807, 2.05) is 30.3 Å². The Balaban J connectivity index is 0.00000420. The minimum atomic E-state index is -0.319. The molecular formula is C22H35IN4O2. The first-order valence-corrected chi connectivity index (χ1v) is 10.2. The maximum atomic E-state index is 12.2. The Labute approximate surface area is 192 Å². The molecule has 162 valence electrons. The van der Waals surface area contributed by atoms with Gasteiger partial charge in [0.25, 0.3) is 5.91 Å². The fraction of sp³-hybridized carbons (Fsp3) is 0.545. The van der Waals surface area contributed by atoms with Gasteiger partial charge in [-0.05, 0) is 49.8 Å². The lowest BCUT2D eigenvalue weighted by molar-refractivity contribution is -0.124. The molecule has 0 spiro atoms. The fourth-order valence-corrected chi connectivity index (χ4v) is 3.25. The molecular weight excluding hydrogens is 479 g/mol. The van der Waals surface area contributed by atoms with Crippen LogP contribution in [0.1, 0.15) is 44.1 Å². The van der Waals surface area contributed by atoms with Crippen molar-refractivity contribution in [1.82, 2.24) is 10.2 Å². The van der Waals surface area contributed by atoms with E-state index in [0.29, 0.717) is 13.2 Å². The number of nitrogens with zero attached hydrogens (tertiary/aromatic N) is 2. The number of allylic oxidation sites excluding steroid dienone is 1. The van der Waals surface area contributed by atoms with Crippen molar-refractivity contribution in [1.29, 1.82) is 0 Å². The molecule has 6 nitrogen and oxygen atoms in total. The molecule has 1 fully saturated rings. The van der Waals surface area contributed by atoms with Gasteiger partial charge in [0, 0.05) is 39.5 Å². The van der Waals surface area contributed by atoms with Crippen LogP contribution in [0, 0.1) is 0 Å². The Morgan fingerprint density at radius 2 is 2.21 bits per heavy atom. The van der Waals surface area contributed by atoms with E-state index in [2.05, 4.69) is 34.2 Å². The first kappa shape index (κ1) is 25.4. The van der Waals surface area contributed by atoms with Gasteiger partial charge in [-0.2, -0.15) is 0 Å². The van der Waals surface area contributed by atoms with Crippen LogP contribution in [0.15, 0.2) is 41.9 Å². The summed E-state index contributed by atoms with van der Waals surface area (Å²) >= 11 is 0. The first-order chi connectivity index (χ1) is 13.6. The van der Waals surface area contributed by atoms with Gasteiger partial charge in [0.05, 0.1) is 0 Å². The van der Waals surface area contributed by atoms with Crippen LogP contribution in [0.4, 0.5) is 5.69 Å². The number of hydrogen-bond donors (Lipinski definition) is 2. The van der Waals surface area contributed by atoms with E-state index in [9.17, 15) is 4.79 Å². The van der Waals surface area contributed by atoms with Crippen LogP contribution >= 0.6 is 24.0 Å². The van der Waals surface area contributed by atoms with E-state index in [0.717, 1.165) is 49.4 Å². The van der Waals surface area contributed by atoms with Crippen molar-refractivity contribution in [2.75, 3.05) is 32.6 Å². The van der Waals surface area contributed by atoms with Crippen molar-refractivity contribution in [3.63, 3.8) is 0 Å². The molecule has 1 amide bonds. The summed E-state index contributed by atoms with van der Waals surface area (Å²) in [5.41, 5.74) is 1.89. The molecule has 2 rings (SSSR count). The van der Waals surface area contributed by atoms with Crippen LogP contribution in [-0.4, -0.2) is 50.1 Å². The first-order valence-electron chi connectivity index (χ1n) is 10.2. The zero-order valence-corrected chi connectivity index (χ0v) is 20.0. The number of carbonyl (C=O) groups is 1. The summed E-state index contributed by atoms with van der Waals surface area (Å²) < 4.78 is 5.44. The number of unbranched alkanes of at least 4 members (excludes halogenated alkanes) is 3. The number of anilines is 1. The van der Waals surface area contributed by atoms with Crippen molar-refractivity contribution in [2.45, 2.75) is 51.2 Å². The van der Waals surface area contributed by atoms with E-state index in [1.165, 1.54) is 12.8 Å². The van der Waals surface area contributed by atoms with Gasteiger partial charge in [-0.25, -0.2) is 0 Å². The normalized spacial score (nSPS) is 16.1. The molecule has 0 aliphatic carbocycles. The van der Waals surface area contributed by atoms with Crippen molar-refractivity contribution < 1.29 is 9.53 Å². The molecule has 1 aliphatic rings. The molecule has 1 aliphatic heterocycles. The van der Waals surface area contributed by atoms with E-state index >= 15 is 0 Å². The molecule has 0 aromatic heterocycles. The summed E-state index contributed by atoms with van der Waals surface area (Å²) in [5, 5.41) is 6.35. The molecule has 1 heterocycles. The van der Waals surface area contributed by atoms with Gasteiger partial charge < -0.3 is 20.3 Å². The van der Waals surface area contributed by atoms with Gasteiger partial charge in [0.1, 0.15) is 6.10 Å². The number of benzene rings is 1. The molecule has 0 bridgehead atoms. The number of amides is 1. The Morgan fingerprint density at radius 3 is 2.90 bits per heavy atom. The van der Waals surface area contributed by atoms with Gasteiger partial charge in [0.15, 0.2) is 5.96 Å². The standard InChI is InChI=1S/C22H34N4O2.HI/c1-4-5-6-7-8-14-26(3)22(23-2)24-17-18-11-9-12-19(16-18)25-21(27)20-13-10-15-28-20;/h4,9,11-12,16,20H,1,5-8,10,13-15,17H2,2-3H3,(H,23,24)(H,25,27);1H. The predicted octanol–water partition coefficient (Wildman–Crippen LogP) is 4.18. The Bertz CT molecular complexity index is 660. The molecule has 1 aromatic carbocycles. The highest BCUT2D eigenvalue weighted by Gasteiger charge is 2.23. The summed E-state index contributed by atoms with van der Waals surface area (Å²) in [7, 11) is 3.86. The van der Waals surface area contributed by atoms with Crippen LogP contribution in [-0.2, 0) is 16.1 Å². The molecule has 0 radical (unpaired) electrons. The highest BCUT2D eigenvalue weighted by atomic mass is 127. The van der Waals surface area contributed by atoms with Gasteiger partial charge in [0.2, 0.25) is 0 Å². The van der Waals surface area contributed by atoms with Gasteiger partial charge >= 0.3 is 0 Å². The van der Waals surface area contributed by atoms with Gasteiger partial charge in [-0.1, -0.05) is 24.6 Å². The average molecular weight is 514 g/mol. The lowest BCUT2D eigenvalue weighted by Crippen LogP contribution is -2.39. The smallest absolute Gasteiger partial charge is 0.253 e.